The van der Waals surface area contributed by atoms with Gasteiger partial charge in [0.25, 0.3) is 0 Å². The lowest BCUT2D eigenvalue weighted by Crippen LogP contribution is -2.30. The Bertz CT molecular complexity index is 371. The van der Waals surface area contributed by atoms with Gasteiger partial charge < -0.3 is 14.7 Å². The van der Waals surface area contributed by atoms with Crippen LogP contribution in [0.25, 0.3) is 0 Å². The van der Waals surface area contributed by atoms with Crippen molar-refractivity contribution in [1.82, 2.24) is 0 Å². The normalized spacial score (nSPS) is 10.3. The van der Waals surface area contributed by atoms with E-state index in [1.165, 1.54) is 0 Å². The van der Waals surface area contributed by atoms with E-state index < -0.39 is 0 Å². The van der Waals surface area contributed by atoms with Crippen molar-refractivity contribution in [1.29, 1.82) is 0 Å². The second kappa shape index (κ2) is 7.27. The molecule has 1 aromatic rings. The molecular weight excluding hydrogens is 242 g/mol. The van der Waals surface area contributed by atoms with Crippen LogP contribution in [0.5, 0.6) is 0 Å². The van der Waals surface area contributed by atoms with Gasteiger partial charge >= 0.3 is 0 Å². The van der Waals surface area contributed by atoms with Crippen LogP contribution < -0.4 is 4.90 Å². The molecule has 0 amide bonds. The van der Waals surface area contributed by atoms with Gasteiger partial charge in [0.2, 0.25) is 0 Å². The zero-order chi connectivity index (χ0) is 12.7. The van der Waals surface area contributed by atoms with Crippen molar-refractivity contribution in [3.63, 3.8) is 0 Å². The van der Waals surface area contributed by atoms with Crippen molar-refractivity contribution in [3.8, 4) is 0 Å². The number of anilines is 1. The standard InChI is InChI=1S/C12H16ClNO3/c1-17-7-5-14(4-6-15)11-3-2-10(9-16)12(13)8-11/h2-3,8-9,15H,4-7H2,1H3. The zero-order valence-electron chi connectivity index (χ0n) is 9.73. The van der Waals surface area contributed by atoms with E-state index in [4.69, 9.17) is 21.4 Å². The van der Waals surface area contributed by atoms with E-state index in [1.807, 2.05) is 4.90 Å². The highest BCUT2D eigenvalue weighted by Gasteiger charge is 2.08. The van der Waals surface area contributed by atoms with Gasteiger partial charge in [0, 0.05) is 31.5 Å². The van der Waals surface area contributed by atoms with Crippen LogP contribution in [0.1, 0.15) is 10.4 Å². The summed E-state index contributed by atoms with van der Waals surface area (Å²) in [4.78, 5) is 12.6. The van der Waals surface area contributed by atoms with E-state index in [9.17, 15) is 4.79 Å². The van der Waals surface area contributed by atoms with Crippen LogP contribution in [0, 0.1) is 0 Å². The first-order valence-electron chi connectivity index (χ1n) is 5.32. The maximum absolute atomic E-state index is 10.6. The molecule has 1 rings (SSSR count). The predicted octanol–water partition coefficient (Wildman–Crippen LogP) is 1.60. The average Bonchev–Trinajstić information content (AvgIpc) is 2.34. The number of benzene rings is 1. The van der Waals surface area contributed by atoms with Crippen molar-refractivity contribution >= 4 is 23.6 Å². The van der Waals surface area contributed by atoms with Crippen LogP contribution in [0.2, 0.25) is 5.02 Å². The molecule has 0 saturated heterocycles. The molecule has 0 bridgehead atoms. The number of methoxy groups -OCH3 is 1. The highest BCUT2D eigenvalue weighted by molar-refractivity contribution is 6.33. The van der Waals surface area contributed by atoms with Crippen molar-refractivity contribution in [3.05, 3.63) is 28.8 Å². The summed E-state index contributed by atoms with van der Waals surface area (Å²) in [6.07, 6.45) is 0.720. The van der Waals surface area contributed by atoms with Crippen LogP contribution in [0.3, 0.4) is 0 Å². The number of hydrogen-bond acceptors (Lipinski definition) is 4. The van der Waals surface area contributed by atoms with E-state index in [2.05, 4.69) is 0 Å². The average molecular weight is 258 g/mol. The van der Waals surface area contributed by atoms with Crippen LogP contribution in [0.4, 0.5) is 5.69 Å². The Hall–Kier alpha value is -1.10. The number of nitrogens with zero attached hydrogens (tertiary/aromatic N) is 1. The molecule has 0 aliphatic carbocycles. The Kier molecular flexibility index (Phi) is 5.97. The molecular formula is C12H16ClNO3. The molecule has 0 atom stereocenters. The molecule has 0 aliphatic rings. The van der Waals surface area contributed by atoms with Crippen LogP contribution >= 0.6 is 11.6 Å². The van der Waals surface area contributed by atoms with E-state index >= 15 is 0 Å². The lowest BCUT2D eigenvalue weighted by atomic mass is 10.2. The number of carbonyl (C=O) groups excluding carboxylic acids is 1. The fourth-order valence-corrected chi connectivity index (χ4v) is 1.72. The van der Waals surface area contributed by atoms with Gasteiger partial charge in [-0.3, -0.25) is 4.79 Å². The molecule has 0 aliphatic heterocycles. The van der Waals surface area contributed by atoms with Gasteiger partial charge in [-0.25, -0.2) is 0 Å². The number of rotatable bonds is 7. The van der Waals surface area contributed by atoms with Gasteiger partial charge in [-0.05, 0) is 18.2 Å². The topological polar surface area (TPSA) is 49.8 Å². The van der Waals surface area contributed by atoms with Gasteiger partial charge in [-0.1, -0.05) is 11.6 Å². The number of aliphatic hydroxyl groups is 1. The van der Waals surface area contributed by atoms with Crippen molar-refractivity contribution < 1.29 is 14.6 Å². The Labute approximate surface area is 106 Å². The Balaban J connectivity index is 2.85. The first kappa shape index (κ1) is 14.0. The van der Waals surface area contributed by atoms with E-state index in [0.717, 1.165) is 12.0 Å². The van der Waals surface area contributed by atoms with Crippen molar-refractivity contribution in [2.24, 2.45) is 0 Å². The number of aliphatic hydroxyl groups excluding tert-OH is 1. The van der Waals surface area contributed by atoms with E-state index in [0.29, 0.717) is 30.3 Å². The molecule has 0 radical (unpaired) electrons. The predicted molar refractivity (Wildman–Crippen MR) is 68.0 cm³/mol. The maximum atomic E-state index is 10.6. The summed E-state index contributed by atoms with van der Waals surface area (Å²) in [6.45, 7) is 1.78. The molecule has 4 nitrogen and oxygen atoms in total. The molecule has 1 aromatic carbocycles. The molecule has 17 heavy (non-hydrogen) atoms. The Morgan fingerprint density at radius 1 is 1.47 bits per heavy atom. The number of aldehydes is 1. The van der Waals surface area contributed by atoms with Gasteiger partial charge in [-0.15, -0.1) is 0 Å². The minimum Gasteiger partial charge on any atom is -0.395 e. The molecule has 0 aromatic heterocycles. The number of ether oxygens (including phenoxy) is 1. The van der Waals surface area contributed by atoms with E-state index in [-0.39, 0.29) is 6.61 Å². The van der Waals surface area contributed by atoms with Gasteiger partial charge in [0.05, 0.1) is 18.2 Å². The quantitative estimate of drug-likeness (QED) is 0.754. The highest BCUT2D eigenvalue weighted by atomic mass is 35.5. The fourth-order valence-electron chi connectivity index (χ4n) is 1.50. The third kappa shape index (κ3) is 4.00. The minimum absolute atomic E-state index is 0.0523. The van der Waals surface area contributed by atoms with E-state index in [1.54, 1.807) is 25.3 Å². The largest absolute Gasteiger partial charge is 0.395 e. The summed E-state index contributed by atoms with van der Waals surface area (Å²) in [6, 6.07) is 5.19. The molecule has 0 fully saturated rings. The number of carbonyl (C=O) groups is 1. The summed E-state index contributed by atoms with van der Waals surface area (Å²) < 4.78 is 5.00. The second-order valence-electron chi connectivity index (χ2n) is 3.53. The second-order valence-corrected chi connectivity index (χ2v) is 3.93. The third-order valence-corrected chi connectivity index (χ3v) is 2.74. The monoisotopic (exact) mass is 257 g/mol. The molecule has 0 heterocycles. The summed E-state index contributed by atoms with van der Waals surface area (Å²) in [5, 5.41) is 9.41. The summed E-state index contributed by atoms with van der Waals surface area (Å²) in [5.41, 5.74) is 1.33. The molecule has 0 saturated carbocycles. The SMILES string of the molecule is COCCN(CCO)c1ccc(C=O)c(Cl)c1. The lowest BCUT2D eigenvalue weighted by Gasteiger charge is -2.23. The minimum atomic E-state index is 0.0523. The highest BCUT2D eigenvalue weighted by Crippen LogP contribution is 2.22. The Morgan fingerprint density at radius 2 is 2.24 bits per heavy atom. The van der Waals surface area contributed by atoms with Crippen molar-refractivity contribution in [2.75, 3.05) is 38.3 Å². The maximum Gasteiger partial charge on any atom is 0.151 e. The number of halogens is 1. The molecule has 0 unspecified atom stereocenters. The number of hydrogen-bond donors (Lipinski definition) is 1. The first-order chi connectivity index (χ1) is 8.22. The van der Waals surface area contributed by atoms with Crippen LogP contribution in [0.15, 0.2) is 18.2 Å². The zero-order valence-corrected chi connectivity index (χ0v) is 10.5. The fraction of sp³-hybridized carbons (Fsp3) is 0.417. The summed E-state index contributed by atoms with van der Waals surface area (Å²) in [7, 11) is 1.62. The van der Waals surface area contributed by atoms with Crippen molar-refractivity contribution in [2.45, 2.75) is 0 Å². The smallest absolute Gasteiger partial charge is 0.151 e. The molecule has 5 heteroatoms. The summed E-state index contributed by atoms with van der Waals surface area (Å²) >= 11 is 5.96. The first-order valence-corrected chi connectivity index (χ1v) is 5.70. The lowest BCUT2D eigenvalue weighted by molar-refractivity contribution is 0.112. The van der Waals surface area contributed by atoms with Gasteiger partial charge in [0.1, 0.15) is 0 Å². The summed E-state index contributed by atoms with van der Waals surface area (Å²) in [5.74, 6) is 0. The van der Waals surface area contributed by atoms with Gasteiger partial charge in [-0.2, -0.15) is 0 Å². The van der Waals surface area contributed by atoms with Gasteiger partial charge in [0.15, 0.2) is 6.29 Å². The molecule has 1 N–H and O–H groups in total. The van der Waals surface area contributed by atoms with Crippen LogP contribution in [-0.4, -0.2) is 44.8 Å². The molecule has 0 spiro atoms. The third-order valence-electron chi connectivity index (χ3n) is 2.41. The molecule has 94 valence electrons. The van der Waals surface area contributed by atoms with Crippen LogP contribution in [-0.2, 0) is 4.74 Å². The Morgan fingerprint density at radius 3 is 2.76 bits per heavy atom.